The molecule has 3 rings (SSSR count). The predicted molar refractivity (Wildman–Crippen MR) is 128 cm³/mol. The number of allylic oxidation sites excluding steroid dienone is 3. The van der Waals surface area contributed by atoms with E-state index in [2.05, 4.69) is 0 Å². The second-order valence-corrected chi connectivity index (χ2v) is 8.55. The summed E-state index contributed by atoms with van der Waals surface area (Å²) in [6.07, 6.45) is 5.62. The number of halogens is 4. The number of carbonyl (C=O) groups is 2. The number of hydrogen-bond acceptors (Lipinski definition) is 3. The fraction of sp³-hybridized carbons (Fsp3) is 0.167. The number of carbonyl (C=O) groups excluding carboxylic acids is 2. The molecule has 0 aromatic heterocycles. The Morgan fingerprint density at radius 1 is 0.871 bits per heavy atom. The van der Waals surface area contributed by atoms with Crippen molar-refractivity contribution >= 4 is 70.3 Å². The Morgan fingerprint density at radius 3 is 1.77 bits per heavy atom. The molecule has 31 heavy (non-hydrogen) atoms. The number of hydrogen-bond donors (Lipinski definition) is 0. The van der Waals surface area contributed by atoms with Gasteiger partial charge in [0.05, 0.1) is 26.7 Å². The van der Waals surface area contributed by atoms with Crippen molar-refractivity contribution in [2.45, 2.75) is 19.8 Å². The molecule has 1 fully saturated rings. The molecule has 0 aliphatic heterocycles. The maximum Gasteiger partial charge on any atom is 0.330 e. The van der Waals surface area contributed by atoms with E-state index < -0.39 is 5.97 Å². The van der Waals surface area contributed by atoms with Crippen LogP contribution in [0.3, 0.4) is 0 Å². The highest BCUT2D eigenvalue weighted by atomic mass is 35.5. The van der Waals surface area contributed by atoms with Gasteiger partial charge in [-0.15, -0.1) is 0 Å². The van der Waals surface area contributed by atoms with Crippen LogP contribution < -0.4 is 0 Å². The van der Waals surface area contributed by atoms with Crippen LogP contribution in [0, 0.1) is 0 Å². The van der Waals surface area contributed by atoms with Gasteiger partial charge in [-0.25, -0.2) is 4.79 Å². The van der Waals surface area contributed by atoms with Crippen molar-refractivity contribution in [3.05, 3.63) is 90.4 Å². The van der Waals surface area contributed by atoms with Crippen LogP contribution in [0.5, 0.6) is 0 Å². The molecule has 2 aromatic carbocycles. The zero-order valence-corrected chi connectivity index (χ0v) is 19.6. The molecular weight excluding hydrogens is 478 g/mol. The maximum atomic E-state index is 13.2. The number of rotatable bonds is 4. The van der Waals surface area contributed by atoms with Crippen molar-refractivity contribution < 1.29 is 14.3 Å². The highest BCUT2D eigenvalue weighted by molar-refractivity contribution is 6.42. The standard InChI is InChI=1S/C24H18Cl4O3/c1-2-31-23(29)13-16-9-17(7-14-3-5-19(25)21(27)11-14)24(30)18(10-16)8-15-4-6-20(26)22(28)12-15/h3-8,11-13H,2,9-10H2,1H3/b17-7+,18-8+. The van der Waals surface area contributed by atoms with Gasteiger partial charge in [0, 0.05) is 17.2 Å². The minimum absolute atomic E-state index is 0.113. The Hall–Kier alpha value is -2.04. The molecule has 0 atom stereocenters. The molecule has 0 amide bonds. The number of benzene rings is 2. The third kappa shape index (κ3) is 6.24. The number of esters is 1. The van der Waals surface area contributed by atoms with Crippen LogP contribution in [0.15, 0.2) is 59.2 Å². The van der Waals surface area contributed by atoms with Crippen LogP contribution in [-0.4, -0.2) is 18.4 Å². The van der Waals surface area contributed by atoms with Crippen molar-refractivity contribution in [1.82, 2.24) is 0 Å². The van der Waals surface area contributed by atoms with Crippen LogP contribution >= 0.6 is 46.4 Å². The molecule has 160 valence electrons. The van der Waals surface area contributed by atoms with E-state index in [0.717, 1.165) is 16.7 Å². The molecule has 0 radical (unpaired) electrons. The summed E-state index contributed by atoms with van der Waals surface area (Å²) in [5, 5.41) is 1.66. The molecule has 7 heteroatoms. The van der Waals surface area contributed by atoms with Crippen molar-refractivity contribution in [3.63, 3.8) is 0 Å². The van der Waals surface area contributed by atoms with Crippen LogP contribution in [0.25, 0.3) is 12.2 Å². The average Bonchev–Trinajstić information content (AvgIpc) is 2.71. The normalized spacial score (nSPS) is 16.7. The van der Waals surface area contributed by atoms with E-state index in [9.17, 15) is 9.59 Å². The maximum absolute atomic E-state index is 13.2. The van der Waals surface area contributed by atoms with E-state index in [0.29, 0.717) is 44.1 Å². The third-order valence-corrected chi connectivity index (χ3v) is 6.07. The van der Waals surface area contributed by atoms with E-state index in [1.807, 2.05) is 0 Å². The molecule has 2 aromatic rings. The third-order valence-electron chi connectivity index (χ3n) is 4.60. The lowest BCUT2D eigenvalue weighted by molar-refractivity contribution is -0.137. The summed E-state index contributed by atoms with van der Waals surface area (Å²) in [5.74, 6) is -0.548. The van der Waals surface area contributed by atoms with Gasteiger partial charge in [0.2, 0.25) is 0 Å². The highest BCUT2D eigenvalue weighted by Gasteiger charge is 2.25. The van der Waals surface area contributed by atoms with E-state index in [1.54, 1.807) is 55.5 Å². The lowest BCUT2D eigenvalue weighted by Crippen LogP contribution is -2.15. The zero-order valence-electron chi connectivity index (χ0n) is 16.6. The van der Waals surface area contributed by atoms with Crippen molar-refractivity contribution in [1.29, 1.82) is 0 Å². The van der Waals surface area contributed by atoms with Gasteiger partial charge in [-0.1, -0.05) is 64.1 Å². The zero-order chi connectivity index (χ0) is 22.5. The first-order chi connectivity index (χ1) is 14.8. The minimum atomic E-state index is -0.436. The lowest BCUT2D eigenvalue weighted by atomic mass is 9.83. The van der Waals surface area contributed by atoms with E-state index in [-0.39, 0.29) is 12.4 Å². The Kier molecular flexibility index (Phi) is 8.01. The second kappa shape index (κ2) is 10.5. The van der Waals surface area contributed by atoms with E-state index >= 15 is 0 Å². The predicted octanol–water partition coefficient (Wildman–Crippen LogP) is 7.62. The fourth-order valence-electron chi connectivity index (χ4n) is 3.21. The first-order valence-electron chi connectivity index (χ1n) is 9.49. The molecule has 0 unspecified atom stereocenters. The van der Waals surface area contributed by atoms with Crippen LogP contribution in [-0.2, 0) is 14.3 Å². The summed E-state index contributed by atoms with van der Waals surface area (Å²) < 4.78 is 5.03. The SMILES string of the molecule is CCOC(=O)C=C1C/C(=C\c2ccc(Cl)c(Cl)c2)C(=O)/C(=C/c2ccc(Cl)c(Cl)c2)C1. The Morgan fingerprint density at radius 2 is 1.35 bits per heavy atom. The lowest BCUT2D eigenvalue weighted by Gasteiger charge is -2.20. The van der Waals surface area contributed by atoms with Crippen LogP contribution in [0.2, 0.25) is 20.1 Å². The summed E-state index contributed by atoms with van der Waals surface area (Å²) in [7, 11) is 0. The Labute approximate surface area is 200 Å². The van der Waals surface area contributed by atoms with Crippen LogP contribution in [0.4, 0.5) is 0 Å². The van der Waals surface area contributed by atoms with Crippen molar-refractivity contribution in [3.8, 4) is 0 Å². The van der Waals surface area contributed by atoms with Gasteiger partial charge in [-0.3, -0.25) is 4.79 Å². The van der Waals surface area contributed by atoms with Gasteiger partial charge >= 0.3 is 5.97 Å². The fourth-order valence-corrected chi connectivity index (χ4v) is 3.82. The quantitative estimate of drug-likeness (QED) is 0.323. The summed E-state index contributed by atoms with van der Waals surface area (Å²) in [6.45, 7) is 2.02. The summed E-state index contributed by atoms with van der Waals surface area (Å²) in [5.41, 5.74) is 3.32. The molecule has 1 aliphatic rings. The molecule has 1 saturated carbocycles. The molecule has 0 spiro atoms. The van der Waals surface area contributed by atoms with Gasteiger partial charge in [-0.2, -0.15) is 0 Å². The second-order valence-electron chi connectivity index (χ2n) is 6.92. The average molecular weight is 496 g/mol. The van der Waals surface area contributed by atoms with E-state index in [4.69, 9.17) is 51.1 Å². The molecule has 0 saturated heterocycles. The van der Waals surface area contributed by atoms with Gasteiger partial charge in [0.15, 0.2) is 5.78 Å². The largest absolute Gasteiger partial charge is 0.463 e. The van der Waals surface area contributed by atoms with Gasteiger partial charge in [0.1, 0.15) is 0 Å². The topological polar surface area (TPSA) is 43.4 Å². The van der Waals surface area contributed by atoms with Crippen molar-refractivity contribution in [2.75, 3.05) is 6.61 Å². The first kappa shape index (κ1) is 23.6. The van der Waals surface area contributed by atoms with E-state index in [1.165, 1.54) is 6.08 Å². The summed E-state index contributed by atoms with van der Waals surface area (Å²) in [4.78, 5) is 25.2. The molecule has 0 N–H and O–H groups in total. The number of Topliss-reactive ketones (excluding diaryl/α,β-unsaturated/α-hetero) is 1. The van der Waals surface area contributed by atoms with Gasteiger partial charge in [-0.05, 0) is 67.3 Å². The molecule has 1 aliphatic carbocycles. The van der Waals surface area contributed by atoms with Gasteiger partial charge < -0.3 is 4.74 Å². The monoisotopic (exact) mass is 494 g/mol. The summed E-state index contributed by atoms with van der Waals surface area (Å²) >= 11 is 24.2. The number of ketones is 1. The first-order valence-corrected chi connectivity index (χ1v) is 11.0. The molecule has 3 nitrogen and oxygen atoms in total. The number of ether oxygens (including phenoxy) is 1. The summed E-state index contributed by atoms with van der Waals surface area (Å²) in [6, 6.07) is 10.3. The van der Waals surface area contributed by atoms with Gasteiger partial charge in [0.25, 0.3) is 0 Å². The Balaban J connectivity index is 2.03. The molecular formula is C24H18Cl4O3. The highest BCUT2D eigenvalue weighted by Crippen LogP contribution is 2.34. The minimum Gasteiger partial charge on any atom is -0.463 e. The van der Waals surface area contributed by atoms with Crippen molar-refractivity contribution in [2.24, 2.45) is 0 Å². The van der Waals surface area contributed by atoms with Crippen LogP contribution in [0.1, 0.15) is 30.9 Å². The molecule has 0 bridgehead atoms. The Bertz CT molecular complexity index is 1050. The molecule has 0 heterocycles. The smallest absolute Gasteiger partial charge is 0.330 e.